The van der Waals surface area contributed by atoms with Gasteiger partial charge in [0.1, 0.15) is 0 Å². The van der Waals surface area contributed by atoms with Crippen LogP contribution in [0.4, 0.5) is 0 Å². The van der Waals surface area contributed by atoms with E-state index < -0.39 is 0 Å². The molecule has 1 fully saturated rings. The van der Waals surface area contributed by atoms with Crippen LogP contribution in [-0.2, 0) is 4.74 Å². The van der Waals surface area contributed by atoms with Crippen LogP contribution in [0, 0.1) is 0 Å². The van der Waals surface area contributed by atoms with Crippen molar-refractivity contribution in [1.29, 1.82) is 0 Å². The van der Waals surface area contributed by atoms with Gasteiger partial charge < -0.3 is 4.74 Å². The number of halogens is 1. The van der Waals surface area contributed by atoms with Crippen molar-refractivity contribution in [3.05, 3.63) is 0 Å². The smallest absolute Gasteiger partial charge is 0.0661 e. The van der Waals surface area contributed by atoms with E-state index >= 15 is 0 Å². The minimum Gasteiger partial charge on any atom is -0.369 e. The minimum atomic E-state index is 0. The molecule has 1 aliphatic heterocycles. The maximum atomic E-state index is 5.51. The summed E-state index contributed by atoms with van der Waals surface area (Å²) >= 11 is 0. The van der Waals surface area contributed by atoms with Crippen LogP contribution in [0.3, 0.4) is 0 Å². The maximum Gasteiger partial charge on any atom is 0.0661 e. The molecule has 0 aromatic carbocycles. The van der Waals surface area contributed by atoms with Gasteiger partial charge in [0.15, 0.2) is 0 Å². The average Bonchev–Trinajstić information content (AvgIpc) is 1.20. The van der Waals surface area contributed by atoms with Crippen molar-refractivity contribution in [2.45, 2.75) is 45.3 Å². The van der Waals surface area contributed by atoms with Crippen molar-refractivity contribution in [2.24, 2.45) is 0 Å². The highest BCUT2D eigenvalue weighted by Gasteiger charge is 2.43. The third-order valence-corrected chi connectivity index (χ3v) is 1.40. The molecule has 0 unspecified atom stereocenters. The van der Waals surface area contributed by atoms with Gasteiger partial charge in [-0.05, 0) is 27.7 Å². The Morgan fingerprint density at radius 2 is 1.22 bits per heavy atom. The average molecular weight is 151 g/mol. The van der Waals surface area contributed by atoms with E-state index in [1.54, 1.807) is 0 Å². The van der Waals surface area contributed by atoms with E-state index in [9.17, 15) is 0 Å². The van der Waals surface area contributed by atoms with Crippen molar-refractivity contribution in [3.8, 4) is 0 Å². The normalized spacial score (nSPS) is 28.0. The van der Waals surface area contributed by atoms with E-state index in [1.807, 2.05) is 0 Å². The Kier molecular flexibility index (Phi) is 2.19. The molecule has 1 nitrogen and oxygen atoms in total. The maximum absolute atomic E-state index is 5.51. The summed E-state index contributed by atoms with van der Waals surface area (Å²) in [6, 6.07) is 0. The summed E-state index contributed by atoms with van der Waals surface area (Å²) in [7, 11) is 0. The molecule has 1 aliphatic rings. The van der Waals surface area contributed by atoms with E-state index in [0.717, 1.165) is 0 Å². The molecule has 0 N–H and O–H groups in total. The second-order valence-corrected chi connectivity index (χ2v) is 3.80. The molecule has 0 spiro atoms. The van der Waals surface area contributed by atoms with Gasteiger partial charge in [-0.2, -0.15) is 0 Å². The van der Waals surface area contributed by atoms with E-state index in [0.29, 0.717) is 0 Å². The van der Waals surface area contributed by atoms with Crippen LogP contribution in [0.2, 0.25) is 0 Å². The van der Waals surface area contributed by atoms with Crippen LogP contribution < -0.4 is 0 Å². The fourth-order valence-electron chi connectivity index (χ4n) is 1.76. The molecule has 0 radical (unpaired) electrons. The summed E-state index contributed by atoms with van der Waals surface area (Å²) in [5.41, 5.74) is 0.312. The van der Waals surface area contributed by atoms with Crippen LogP contribution in [0.5, 0.6) is 0 Å². The van der Waals surface area contributed by atoms with Crippen molar-refractivity contribution in [2.75, 3.05) is 0 Å². The minimum absolute atomic E-state index is 0. The van der Waals surface area contributed by atoms with Gasteiger partial charge in [0.05, 0.1) is 11.2 Å². The number of ether oxygens (including phenoxy) is 1. The molecular weight excluding hydrogens is 136 g/mol. The molecule has 1 rings (SSSR count). The zero-order valence-corrected chi connectivity index (χ0v) is 7.34. The summed E-state index contributed by atoms with van der Waals surface area (Å²) in [4.78, 5) is 0. The number of hydrogen-bond donors (Lipinski definition) is 0. The zero-order valence-electron chi connectivity index (χ0n) is 6.52. The largest absolute Gasteiger partial charge is 0.369 e. The molecule has 0 aromatic heterocycles. The quantitative estimate of drug-likeness (QED) is 0.515. The Morgan fingerprint density at radius 1 is 1.00 bits per heavy atom. The highest BCUT2D eigenvalue weighted by Crippen LogP contribution is 2.39. The molecule has 0 atom stereocenters. The Hall–Kier alpha value is 0.250. The zero-order chi connectivity index (χ0) is 6.41. The predicted molar refractivity (Wildman–Crippen MR) is 41.1 cm³/mol. The van der Waals surface area contributed by atoms with Gasteiger partial charge in [-0.25, -0.2) is 0 Å². The highest BCUT2D eigenvalue weighted by atomic mass is 35.5. The fraction of sp³-hybridized carbons (Fsp3) is 1.00. The first-order chi connectivity index (χ1) is 3.41. The van der Waals surface area contributed by atoms with Gasteiger partial charge in [-0.3, -0.25) is 0 Å². The fourth-order valence-corrected chi connectivity index (χ4v) is 1.76. The predicted octanol–water partition coefficient (Wildman–Crippen LogP) is 2.39. The number of rotatable bonds is 0. The third kappa shape index (κ3) is 2.15. The SMILES string of the molecule is CC1(C)CC(C)(C)O1.Cl. The van der Waals surface area contributed by atoms with Gasteiger partial charge in [0.2, 0.25) is 0 Å². The lowest BCUT2D eigenvalue weighted by Gasteiger charge is -2.49. The van der Waals surface area contributed by atoms with Crippen LogP contribution >= 0.6 is 12.4 Å². The Balaban J connectivity index is 0.000000640. The van der Waals surface area contributed by atoms with E-state index in [-0.39, 0.29) is 23.6 Å². The highest BCUT2D eigenvalue weighted by molar-refractivity contribution is 5.85. The molecule has 0 aliphatic carbocycles. The van der Waals surface area contributed by atoms with Crippen molar-refractivity contribution in [3.63, 3.8) is 0 Å². The molecule has 1 saturated heterocycles. The van der Waals surface area contributed by atoms with Gasteiger partial charge in [0.25, 0.3) is 0 Å². The molecule has 1 heterocycles. The summed E-state index contributed by atoms with van der Waals surface area (Å²) < 4.78 is 5.51. The van der Waals surface area contributed by atoms with Crippen LogP contribution in [0.15, 0.2) is 0 Å². The monoisotopic (exact) mass is 150 g/mol. The molecule has 2 heteroatoms. The Labute approximate surface area is 63.2 Å². The first-order valence-electron chi connectivity index (χ1n) is 3.12. The lowest BCUT2D eigenvalue weighted by Crippen LogP contribution is -2.52. The standard InChI is InChI=1S/C7H14O.ClH/c1-6(2)5-7(3,4)8-6;/h5H2,1-4H3;1H. The summed E-state index contributed by atoms with van der Waals surface area (Å²) in [6.45, 7) is 8.49. The van der Waals surface area contributed by atoms with E-state index in [1.165, 1.54) is 6.42 Å². The van der Waals surface area contributed by atoms with Crippen LogP contribution in [-0.4, -0.2) is 11.2 Å². The lowest BCUT2D eigenvalue weighted by atomic mass is 9.84. The molecular formula is C7H15ClO. The van der Waals surface area contributed by atoms with E-state index in [4.69, 9.17) is 4.74 Å². The van der Waals surface area contributed by atoms with Crippen LogP contribution in [0.1, 0.15) is 34.1 Å². The van der Waals surface area contributed by atoms with Gasteiger partial charge in [-0.15, -0.1) is 12.4 Å². The summed E-state index contributed by atoms with van der Waals surface area (Å²) in [5, 5.41) is 0. The topological polar surface area (TPSA) is 9.23 Å². The Morgan fingerprint density at radius 3 is 1.22 bits per heavy atom. The molecule has 0 aromatic rings. The van der Waals surface area contributed by atoms with Crippen molar-refractivity contribution < 1.29 is 4.74 Å². The lowest BCUT2D eigenvalue weighted by molar-refractivity contribution is -0.237. The summed E-state index contributed by atoms with van der Waals surface area (Å²) in [6.07, 6.45) is 1.18. The van der Waals surface area contributed by atoms with Gasteiger partial charge in [0, 0.05) is 6.42 Å². The van der Waals surface area contributed by atoms with Gasteiger partial charge >= 0.3 is 0 Å². The van der Waals surface area contributed by atoms with Gasteiger partial charge in [-0.1, -0.05) is 0 Å². The first-order valence-corrected chi connectivity index (χ1v) is 3.12. The van der Waals surface area contributed by atoms with Crippen LogP contribution in [0.25, 0.3) is 0 Å². The third-order valence-electron chi connectivity index (χ3n) is 1.40. The second kappa shape index (κ2) is 2.14. The molecule has 56 valence electrons. The molecule has 0 bridgehead atoms. The molecule has 9 heavy (non-hydrogen) atoms. The van der Waals surface area contributed by atoms with E-state index in [2.05, 4.69) is 27.7 Å². The van der Waals surface area contributed by atoms with Crippen molar-refractivity contribution >= 4 is 12.4 Å². The summed E-state index contributed by atoms with van der Waals surface area (Å²) in [5.74, 6) is 0. The molecule has 0 amide bonds. The second-order valence-electron chi connectivity index (χ2n) is 3.80. The first kappa shape index (κ1) is 9.25. The Bertz CT molecular complexity index is 85.5. The number of hydrogen-bond acceptors (Lipinski definition) is 1. The molecule has 0 saturated carbocycles. The van der Waals surface area contributed by atoms with Crippen molar-refractivity contribution in [1.82, 2.24) is 0 Å².